The van der Waals surface area contributed by atoms with Crippen molar-refractivity contribution in [3.63, 3.8) is 0 Å². The SMILES string of the molecule is CC1(C)c2ccccc2-c2cccc(N(c3cccc(-c4ccccc4)c3)c3cccc(-c4ccccc4)c3-c3ccccc3-c3ccccc3)c21. The lowest BCUT2D eigenvalue weighted by Crippen LogP contribution is -2.21. The summed E-state index contributed by atoms with van der Waals surface area (Å²) < 4.78 is 0. The normalized spacial score (nSPS) is 12.6. The summed E-state index contributed by atoms with van der Waals surface area (Å²) in [5.74, 6) is 0. The van der Waals surface area contributed by atoms with E-state index in [1.807, 2.05) is 0 Å². The molecule has 0 saturated heterocycles. The Morgan fingerprint density at radius 2 is 0.827 bits per heavy atom. The monoisotopic (exact) mass is 665 g/mol. The standard InChI is InChI=1S/C51H39N/c1-51(2)46-32-15-14-28-43(46)45-31-18-34-48(50(45)51)52(40-26-16-25-39(35-40)36-19-6-3-7-20-36)47-33-17-30-42(38-23-10-5-11-24-38)49(47)44-29-13-12-27-41(44)37-21-8-4-9-22-37/h3-35H,1-2H3. The van der Waals surface area contributed by atoms with Gasteiger partial charge in [-0.1, -0.05) is 190 Å². The van der Waals surface area contributed by atoms with E-state index in [1.54, 1.807) is 0 Å². The Morgan fingerprint density at radius 3 is 1.52 bits per heavy atom. The first-order valence-electron chi connectivity index (χ1n) is 18.1. The van der Waals surface area contributed by atoms with E-state index in [4.69, 9.17) is 0 Å². The molecule has 1 heteroatoms. The lowest BCUT2D eigenvalue weighted by Gasteiger charge is -2.34. The summed E-state index contributed by atoms with van der Waals surface area (Å²) in [6.45, 7) is 4.76. The minimum atomic E-state index is -0.211. The molecule has 1 nitrogen and oxygen atoms in total. The summed E-state index contributed by atoms with van der Waals surface area (Å²) in [4.78, 5) is 2.53. The lowest BCUT2D eigenvalue weighted by atomic mass is 9.81. The van der Waals surface area contributed by atoms with Gasteiger partial charge in [-0.05, 0) is 85.5 Å². The summed E-state index contributed by atoms with van der Waals surface area (Å²) in [5.41, 5.74) is 18.1. The maximum atomic E-state index is 2.53. The molecule has 0 saturated carbocycles. The fourth-order valence-electron chi connectivity index (χ4n) is 8.31. The molecule has 0 fully saturated rings. The molecule has 0 amide bonds. The average Bonchev–Trinajstić information content (AvgIpc) is 3.45. The highest BCUT2D eigenvalue weighted by Gasteiger charge is 2.39. The van der Waals surface area contributed by atoms with Gasteiger partial charge in [0, 0.05) is 16.7 Å². The van der Waals surface area contributed by atoms with Crippen LogP contribution in [-0.4, -0.2) is 0 Å². The number of benzene rings is 8. The molecule has 0 aromatic heterocycles. The number of rotatable bonds is 7. The molecule has 0 N–H and O–H groups in total. The van der Waals surface area contributed by atoms with Crippen molar-refractivity contribution in [1.82, 2.24) is 0 Å². The van der Waals surface area contributed by atoms with Gasteiger partial charge in [0.15, 0.2) is 0 Å². The zero-order valence-electron chi connectivity index (χ0n) is 29.5. The number of fused-ring (bicyclic) bond motifs is 3. The van der Waals surface area contributed by atoms with Gasteiger partial charge >= 0.3 is 0 Å². The zero-order valence-corrected chi connectivity index (χ0v) is 29.5. The van der Waals surface area contributed by atoms with E-state index in [0.717, 1.165) is 11.4 Å². The van der Waals surface area contributed by atoms with Gasteiger partial charge < -0.3 is 4.90 Å². The second kappa shape index (κ2) is 13.0. The number of hydrogen-bond donors (Lipinski definition) is 0. The molecule has 248 valence electrons. The van der Waals surface area contributed by atoms with Crippen molar-refractivity contribution in [1.29, 1.82) is 0 Å². The zero-order chi connectivity index (χ0) is 35.1. The van der Waals surface area contributed by atoms with Crippen LogP contribution in [0.3, 0.4) is 0 Å². The van der Waals surface area contributed by atoms with Gasteiger partial charge in [0.1, 0.15) is 0 Å². The number of hydrogen-bond acceptors (Lipinski definition) is 1. The highest BCUT2D eigenvalue weighted by molar-refractivity contribution is 6.02. The van der Waals surface area contributed by atoms with E-state index in [2.05, 4.69) is 219 Å². The minimum absolute atomic E-state index is 0.211. The van der Waals surface area contributed by atoms with Crippen molar-refractivity contribution in [2.75, 3.05) is 4.90 Å². The molecule has 0 atom stereocenters. The van der Waals surface area contributed by atoms with Gasteiger partial charge in [-0.15, -0.1) is 0 Å². The Balaban J connectivity index is 1.39. The highest BCUT2D eigenvalue weighted by atomic mass is 15.1. The largest absolute Gasteiger partial charge is 0.309 e. The Labute approximate surface area is 307 Å². The molecule has 0 heterocycles. The van der Waals surface area contributed by atoms with Crippen molar-refractivity contribution in [2.45, 2.75) is 19.3 Å². The highest BCUT2D eigenvalue weighted by Crippen LogP contribution is 2.56. The van der Waals surface area contributed by atoms with Crippen molar-refractivity contribution in [3.05, 3.63) is 211 Å². The predicted molar refractivity (Wildman–Crippen MR) is 220 cm³/mol. The lowest BCUT2D eigenvalue weighted by molar-refractivity contribution is 0.661. The van der Waals surface area contributed by atoms with Gasteiger partial charge in [0.2, 0.25) is 0 Å². The van der Waals surface area contributed by atoms with Crippen LogP contribution in [0.15, 0.2) is 200 Å². The molecule has 8 aromatic rings. The van der Waals surface area contributed by atoms with E-state index < -0.39 is 0 Å². The molecule has 0 unspecified atom stereocenters. The summed E-state index contributed by atoms with van der Waals surface area (Å²) in [7, 11) is 0. The van der Waals surface area contributed by atoms with Crippen LogP contribution in [0.2, 0.25) is 0 Å². The van der Waals surface area contributed by atoms with Gasteiger partial charge in [-0.3, -0.25) is 0 Å². The molecular formula is C51H39N. The van der Waals surface area contributed by atoms with Crippen LogP contribution in [0.25, 0.3) is 55.6 Å². The Morgan fingerprint density at radius 1 is 0.346 bits per heavy atom. The fraction of sp³-hybridized carbons (Fsp3) is 0.0588. The summed E-state index contributed by atoms with van der Waals surface area (Å²) in [5, 5.41) is 0. The number of nitrogens with zero attached hydrogens (tertiary/aromatic N) is 1. The molecule has 1 aliphatic carbocycles. The molecule has 0 spiro atoms. The van der Waals surface area contributed by atoms with Gasteiger partial charge in [0.05, 0.1) is 11.4 Å². The molecule has 8 aromatic carbocycles. The van der Waals surface area contributed by atoms with Gasteiger partial charge in [-0.2, -0.15) is 0 Å². The molecule has 0 radical (unpaired) electrons. The van der Waals surface area contributed by atoms with Crippen LogP contribution in [0.4, 0.5) is 17.1 Å². The first-order valence-corrected chi connectivity index (χ1v) is 18.1. The predicted octanol–water partition coefficient (Wildman–Crippen LogP) is 14.1. The summed E-state index contributed by atoms with van der Waals surface area (Å²) >= 11 is 0. The summed E-state index contributed by atoms with van der Waals surface area (Å²) in [6.07, 6.45) is 0. The molecule has 0 bridgehead atoms. The molecular weight excluding hydrogens is 627 g/mol. The number of anilines is 3. The third-order valence-corrected chi connectivity index (χ3v) is 10.7. The Kier molecular flexibility index (Phi) is 7.90. The first-order chi connectivity index (χ1) is 25.6. The molecule has 52 heavy (non-hydrogen) atoms. The summed E-state index contributed by atoms with van der Waals surface area (Å²) in [6, 6.07) is 72.9. The third-order valence-electron chi connectivity index (χ3n) is 10.7. The molecule has 9 rings (SSSR count). The topological polar surface area (TPSA) is 3.24 Å². The maximum absolute atomic E-state index is 2.53. The van der Waals surface area contributed by atoms with E-state index in [1.165, 1.54) is 72.4 Å². The minimum Gasteiger partial charge on any atom is -0.309 e. The quantitative estimate of drug-likeness (QED) is 0.164. The first kappa shape index (κ1) is 31.5. The second-order valence-corrected chi connectivity index (χ2v) is 14.1. The van der Waals surface area contributed by atoms with Crippen LogP contribution < -0.4 is 4.90 Å². The van der Waals surface area contributed by atoms with Crippen molar-refractivity contribution in [3.8, 4) is 55.6 Å². The Hall–Kier alpha value is -6.44. The Bertz CT molecular complexity index is 2530. The van der Waals surface area contributed by atoms with Crippen molar-refractivity contribution in [2.24, 2.45) is 0 Å². The molecule has 0 aliphatic heterocycles. The van der Waals surface area contributed by atoms with Crippen LogP contribution in [-0.2, 0) is 5.41 Å². The van der Waals surface area contributed by atoms with Crippen LogP contribution >= 0.6 is 0 Å². The third kappa shape index (κ3) is 5.34. The average molecular weight is 666 g/mol. The van der Waals surface area contributed by atoms with Gasteiger partial charge in [-0.25, -0.2) is 0 Å². The van der Waals surface area contributed by atoms with E-state index >= 15 is 0 Å². The van der Waals surface area contributed by atoms with Gasteiger partial charge in [0.25, 0.3) is 0 Å². The van der Waals surface area contributed by atoms with Crippen molar-refractivity contribution >= 4 is 17.1 Å². The smallest absolute Gasteiger partial charge is 0.0546 e. The molecule has 1 aliphatic rings. The van der Waals surface area contributed by atoms with E-state index in [0.29, 0.717) is 0 Å². The van der Waals surface area contributed by atoms with E-state index in [9.17, 15) is 0 Å². The van der Waals surface area contributed by atoms with Crippen LogP contribution in [0, 0.1) is 0 Å². The van der Waals surface area contributed by atoms with Crippen LogP contribution in [0.5, 0.6) is 0 Å². The van der Waals surface area contributed by atoms with E-state index in [-0.39, 0.29) is 5.41 Å². The second-order valence-electron chi connectivity index (χ2n) is 14.1. The van der Waals surface area contributed by atoms with Crippen LogP contribution in [0.1, 0.15) is 25.0 Å². The fourth-order valence-corrected chi connectivity index (χ4v) is 8.31. The maximum Gasteiger partial charge on any atom is 0.0546 e. The van der Waals surface area contributed by atoms with Crippen molar-refractivity contribution < 1.29 is 0 Å².